The molecule has 0 radical (unpaired) electrons. The van der Waals surface area contributed by atoms with Crippen LogP contribution in [0.1, 0.15) is 66.7 Å². The first-order chi connectivity index (χ1) is 17.9. The number of carbonyl (C=O) groups is 2. The molecule has 0 heterocycles. The van der Waals surface area contributed by atoms with Gasteiger partial charge in [0.15, 0.2) is 5.83 Å². The van der Waals surface area contributed by atoms with E-state index >= 15 is 0 Å². The molecule has 0 spiro atoms. The van der Waals surface area contributed by atoms with Gasteiger partial charge in [-0.1, -0.05) is 19.9 Å². The van der Waals surface area contributed by atoms with E-state index in [4.69, 9.17) is 16.9 Å². The van der Waals surface area contributed by atoms with Gasteiger partial charge in [0.05, 0.1) is 17.0 Å². The Hall–Kier alpha value is -3.45. The highest BCUT2D eigenvalue weighted by Crippen LogP contribution is 2.28. The maximum atomic E-state index is 14.4. The lowest BCUT2D eigenvalue weighted by atomic mass is 10.0. The number of hydrogen-bond acceptors (Lipinski definition) is 5. The monoisotopic (exact) mass is 530 g/mol. The number of urea groups is 1. The molecule has 0 aromatic heterocycles. The van der Waals surface area contributed by atoms with Gasteiger partial charge in [0.25, 0.3) is 0 Å². The molecule has 1 rings (SSSR count). The van der Waals surface area contributed by atoms with Crippen LogP contribution in [0.3, 0.4) is 0 Å². The number of nitrogens with two attached hydrogens (primary N) is 1. The zero-order chi connectivity index (χ0) is 28.9. The zero-order valence-corrected chi connectivity index (χ0v) is 23.7. The van der Waals surface area contributed by atoms with E-state index in [1.165, 1.54) is 0 Å². The predicted molar refractivity (Wildman–Crippen MR) is 151 cm³/mol. The molecule has 0 aromatic rings. The van der Waals surface area contributed by atoms with E-state index in [9.17, 15) is 14.0 Å². The zero-order valence-electron chi connectivity index (χ0n) is 23.7. The summed E-state index contributed by atoms with van der Waals surface area (Å²) >= 11 is 0. The molecule has 0 bridgehead atoms. The van der Waals surface area contributed by atoms with Crippen molar-refractivity contribution < 1.29 is 18.7 Å². The summed E-state index contributed by atoms with van der Waals surface area (Å²) in [7, 11) is 3.20. The minimum absolute atomic E-state index is 0.0314. The summed E-state index contributed by atoms with van der Waals surface area (Å²) in [6.45, 7) is 9.68. The molecule has 0 aromatic carbocycles. The van der Waals surface area contributed by atoms with Gasteiger partial charge in [-0.05, 0) is 64.0 Å². The predicted octanol–water partition coefficient (Wildman–Crippen LogP) is 4.09. The van der Waals surface area contributed by atoms with Gasteiger partial charge in [0.2, 0.25) is 5.91 Å². The standard InChI is InChI=1S/C28H43FN6O3/c1-9-19(17-24(31-7)35-26(36)20-12-13-20)22(11-3)33-25(30)18(4)16-23(21(29)10-2)34-27(37)32-15-14-28(5,6)38-8/h2,11,17-18,20H,9,12-16H2,1,3-8H3,(H2,30,33)(H,31,35,36)(H2,32,34,37)/b19-17+,22-11-,23-21-. The summed E-state index contributed by atoms with van der Waals surface area (Å²) in [4.78, 5) is 33.2. The molecule has 0 aliphatic heterocycles. The van der Waals surface area contributed by atoms with Crippen molar-refractivity contribution in [2.24, 2.45) is 27.6 Å². The summed E-state index contributed by atoms with van der Waals surface area (Å²) in [6.07, 6.45) is 11.8. The second-order valence-electron chi connectivity index (χ2n) is 9.74. The molecular formula is C28H43FN6O3. The van der Waals surface area contributed by atoms with Crippen molar-refractivity contribution in [1.29, 1.82) is 0 Å². The minimum atomic E-state index is -0.882. The molecule has 1 saturated carbocycles. The van der Waals surface area contributed by atoms with Crippen LogP contribution in [0.2, 0.25) is 0 Å². The Morgan fingerprint density at radius 1 is 1.32 bits per heavy atom. The highest BCUT2D eigenvalue weighted by atomic mass is 19.1. The largest absolute Gasteiger partial charge is 0.387 e. The second kappa shape index (κ2) is 15.7. The molecule has 5 N–H and O–H groups in total. The van der Waals surface area contributed by atoms with Crippen molar-refractivity contribution >= 4 is 23.6 Å². The van der Waals surface area contributed by atoms with Crippen LogP contribution in [0.4, 0.5) is 9.18 Å². The Morgan fingerprint density at radius 3 is 2.47 bits per heavy atom. The molecule has 9 nitrogen and oxygen atoms in total. The fourth-order valence-electron chi connectivity index (χ4n) is 3.28. The maximum Gasteiger partial charge on any atom is 0.319 e. The first-order valence-corrected chi connectivity index (χ1v) is 12.8. The fourth-order valence-corrected chi connectivity index (χ4v) is 3.28. The highest BCUT2D eigenvalue weighted by molar-refractivity contribution is 6.06. The first kappa shape index (κ1) is 32.6. The van der Waals surface area contributed by atoms with Gasteiger partial charge in [-0.2, -0.15) is 4.39 Å². The molecule has 1 fully saturated rings. The topological polar surface area (TPSA) is 130 Å². The Balaban J connectivity index is 2.96. The summed E-state index contributed by atoms with van der Waals surface area (Å²) in [5.41, 5.74) is 7.25. The van der Waals surface area contributed by atoms with Crippen LogP contribution in [0.15, 0.2) is 44.9 Å². The average Bonchev–Trinajstić information content (AvgIpc) is 3.74. The van der Waals surface area contributed by atoms with Gasteiger partial charge in [0, 0.05) is 39.0 Å². The van der Waals surface area contributed by atoms with Crippen LogP contribution in [-0.2, 0) is 9.53 Å². The van der Waals surface area contributed by atoms with E-state index in [1.807, 2.05) is 33.6 Å². The maximum absolute atomic E-state index is 14.4. The van der Waals surface area contributed by atoms with Crippen molar-refractivity contribution in [2.45, 2.75) is 72.3 Å². The lowest BCUT2D eigenvalue weighted by Gasteiger charge is -2.23. The van der Waals surface area contributed by atoms with Crippen LogP contribution in [0.5, 0.6) is 0 Å². The normalized spacial score (nSPS) is 16.8. The molecule has 1 unspecified atom stereocenters. The van der Waals surface area contributed by atoms with E-state index < -0.39 is 23.4 Å². The van der Waals surface area contributed by atoms with E-state index in [1.54, 1.807) is 33.2 Å². The van der Waals surface area contributed by atoms with E-state index in [0.717, 1.165) is 18.4 Å². The van der Waals surface area contributed by atoms with Crippen LogP contribution < -0.4 is 21.7 Å². The number of halogens is 1. The lowest BCUT2D eigenvalue weighted by molar-refractivity contribution is -0.120. The number of terminal acetylenes is 1. The number of allylic oxidation sites excluding steroid dienone is 4. The molecule has 1 aliphatic rings. The Kier molecular flexibility index (Phi) is 13.5. The van der Waals surface area contributed by atoms with Gasteiger partial charge in [-0.3, -0.25) is 9.79 Å². The van der Waals surface area contributed by atoms with Crippen LogP contribution in [0.25, 0.3) is 0 Å². The van der Waals surface area contributed by atoms with E-state index in [2.05, 4.69) is 25.9 Å². The fraction of sp³-hybridized carbons (Fsp3) is 0.571. The number of aliphatic imine (C=N–C) groups is 2. The van der Waals surface area contributed by atoms with Crippen LogP contribution in [-0.4, -0.2) is 49.9 Å². The summed E-state index contributed by atoms with van der Waals surface area (Å²) in [5.74, 6) is 1.32. The highest BCUT2D eigenvalue weighted by Gasteiger charge is 2.30. The third-order valence-electron chi connectivity index (χ3n) is 6.22. The third-order valence-corrected chi connectivity index (χ3v) is 6.22. The van der Waals surface area contributed by atoms with Crippen molar-refractivity contribution in [3.8, 4) is 12.3 Å². The van der Waals surface area contributed by atoms with Gasteiger partial charge in [-0.25, -0.2) is 9.79 Å². The van der Waals surface area contributed by atoms with Crippen molar-refractivity contribution in [2.75, 3.05) is 20.7 Å². The minimum Gasteiger partial charge on any atom is -0.387 e. The number of hydrogen-bond donors (Lipinski definition) is 4. The molecule has 210 valence electrons. The van der Waals surface area contributed by atoms with Crippen molar-refractivity contribution in [1.82, 2.24) is 16.0 Å². The van der Waals surface area contributed by atoms with Gasteiger partial charge >= 0.3 is 6.03 Å². The third kappa shape index (κ3) is 11.3. The summed E-state index contributed by atoms with van der Waals surface area (Å²) < 4.78 is 19.8. The molecule has 1 atom stereocenters. The number of amidine groups is 2. The van der Waals surface area contributed by atoms with Gasteiger partial charge in [-0.15, -0.1) is 6.42 Å². The number of ether oxygens (including phenoxy) is 1. The Bertz CT molecular complexity index is 1050. The lowest BCUT2D eigenvalue weighted by Crippen LogP contribution is -2.39. The number of methoxy groups -OCH3 is 1. The van der Waals surface area contributed by atoms with Gasteiger partial charge in [0.1, 0.15) is 11.7 Å². The quantitative estimate of drug-likeness (QED) is 0.124. The van der Waals surface area contributed by atoms with Crippen molar-refractivity contribution in [3.05, 3.63) is 34.9 Å². The number of nitrogens with zero attached hydrogens (tertiary/aromatic N) is 2. The number of amides is 3. The summed E-state index contributed by atoms with van der Waals surface area (Å²) in [6, 6.07) is -0.579. The van der Waals surface area contributed by atoms with Crippen LogP contribution in [0, 0.1) is 24.2 Å². The smallest absolute Gasteiger partial charge is 0.319 e. The number of carbonyl (C=O) groups excluding carboxylic acids is 2. The van der Waals surface area contributed by atoms with E-state index in [-0.39, 0.29) is 29.8 Å². The molecule has 38 heavy (non-hydrogen) atoms. The Labute approximate surface area is 226 Å². The molecule has 3 amide bonds. The number of nitrogens with one attached hydrogen (secondary N) is 3. The van der Waals surface area contributed by atoms with Crippen molar-refractivity contribution in [3.63, 3.8) is 0 Å². The first-order valence-electron chi connectivity index (χ1n) is 12.8. The van der Waals surface area contributed by atoms with Gasteiger partial charge < -0.3 is 26.4 Å². The Morgan fingerprint density at radius 2 is 1.97 bits per heavy atom. The second-order valence-corrected chi connectivity index (χ2v) is 9.74. The molecule has 10 heteroatoms. The van der Waals surface area contributed by atoms with E-state index in [0.29, 0.717) is 30.9 Å². The number of rotatable bonds is 13. The average molecular weight is 531 g/mol. The SMILES string of the molecule is C#C/C(F)=C(\CC(C)C(N)=NC(=C\C)/C(=C/C(=NC)NC(=O)C1CC1)CC)NC(=O)NCCC(C)(C)OC. The molecule has 0 saturated heterocycles. The molecular weight excluding hydrogens is 487 g/mol. The summed E-state index contributed by atoms with van der Waals surface area (Å²) in [5, 5.41) is 8.03. The van der Waals surface area contributed by atoms with Crippen LogP contribution >= 0.6 is 0 Å². The molecule has 1 aliphatic carbocycles.